The van der Waals surface area contributed by atoms with E-state index in [-0.39, 0.29) is 5.89 Å². The summed E-state index contributed by atoms with van der Waals surface area (Å²) in [6.45, 7) is 3.97. The van der Waals surface area contributed by atoms with Crippen molar-refractivity contribution in [3.63, 3.8) is 0 Å². The third-order valence-corrected chi connectivity index (χ3v) is 2.28. The lowest BCUT2D eigenvalue weighted by atomic mass is 10.1. The summed E-state index contributed by atoms with van der Waals surface area (Å²) >= 11 is 0. The van der Waals surface area contributed by atoms with E-state index in [1.165, 1.54) is 6.08 Å². The summed E-state index contributed by atoms with van der Waals surface area (Å²) in [6.07, 6.45) is 2.22. The van der Waals surface area contributed by atoms with E-state index < -0.39 is 5.97 Å². The number of carboxylic acid groups (broad SMARTS) is 1. The molecular formula is C13H12N2O3. The topological polar surface area (TPSA) is 76.2 Å². The minimum Gasteiger partial charge on any atom is -0.478 e. The Balaban J connectivity index is 2.32. The maximum Gasteiger partial charge on any atom is 0.328 e. The van der Waals surface area contributed by atoms with E-state index in [1.54, 1.807) is 0 Å². The first-order valence-electron chi connectivity index (χ1n) is 5.38. The van der Waals surface area contributed by atoms with Gasteiger partial charge in [-0.1, -0.05) is 17.2 Å². The van der Waals surface area contributed by atoms with E-state index in [2.05, 4.69) is 10.2 Å². The van der Waals surface area contributed by atoms with Crippen molar-refractivity contribution in [2.45, 2.75) is 13.8 Å². The van der Waals surface area contributed by atoms with Crippen LogP contribution in [0.1, 0.15) is 17.0 Å². The Hall–Kier alpha value is -2.43. The summed E-state index contributed by atoms with van der Waals surface area (Å²) in [5, 5.41) is 16.1. The lowest BCUT2D eigenvalue weighted by Gasteiger charge is -1.99. The monoisotopic (exact) mass is 244 g/mol. The third-order valence-electron chi connectivity index (χ3n) is 2.28. The fourth-order valence-electron chi connectivity index (χ4n) is 1.66. The molecule has 1 aromatic heterocycles. The van der Waals surface area contributed by atoms with E-state index in [1.807, 2.05) is 32.0 Å². The van der Waals surface area contributed by atoms with Crippen molar-refractivity contribution in [3.05, 3.63) is 41.3 Å². The molecule has 0 bridgehead atoms. The molecule has 0 aliphatic rings. The minimum atomic E-state index is -1.05. The van der Waals surface area contributed by atoms with Crippen LogP contribution in [0.2, 0.25) is 0 Å². The SMILES string of the molecule is Cc1cc(C)cc(-c2nnc(/C=C/C(=O)O)o2)c1. The Labute approximate surface area is 104 Å². The number of nitrogens with zero attached hydrogens (tertiary/aromatic N) is 2. The van der Waals surface area contributed by atoms with Crippen molar-refractivity contribution >= 4 is 12.0 Å². The molecule has 0 spiro atoms. The van der Waals surface area contributed by atoms with Crippen molar-refractivity contribution in [2.24, 2.45) is 0 Å². The highest BCUT2D eigenvalue weighted by atomic mass is 16.4. The maximum atomic E-state index is 10.4. The largest absolute Gasteiger partial charge is 0.478 e. The molecule has 0 aliphatic heterocycles. The molecule has 0 atom stereocenters. The molecule has 0 saturated carbocycles. The highest BCUT2D eigenvalue weighted by molar-refractivity contribution is 5.84. The van der Waals surface area contributed by atoms with Crippen LogP contribution in [-0.2, 0) is 4.79 Å². The zero-order valence-corrected chi connectivity index (χ0v) is 10.0. The normalized spacial score (nSPS) is 11.0. The van der Waals surface area contributed by atoms with Crippen LogP contribution in [0.5, 0.6) is 0 Å². The predicted octanol–water partition coefficient (Wildman–Crippen LogP) is 2.45. The standard InChI is InChI=1S/C13H12N2O3/c1-8-5-9(2)7-10(6-8)13-15-14-11(18-13)3-4-12(16)17/h3-7H,1-2H3,(H,16,17)/b4-3+. The average Bonchev–Trinajstić information content (AvgIpc) is 2.73. The molecular weight excluding hydrogens is 232 g/mol. The van der Waals surface area contributed by atoms with Gasteiger partial charge in [0.1, 0.15) is 0 Å². The molecule has 0 unspecified atom stereocenters. The number of hydrogen-bond donors (Lipinski definition) is 1. The van der Waals surface area contributed by atoms with Gasteiger partial charge in [-0.15, -0.1) is 10.2 Å². The van der Waals surface area contributed by atoms with Crippen LogP contribution < -0.4 is 0 Å². The van der Waals surface area contributed by atoms with Crippen LogP contribution in [0.15, 0.2) is 28.7 Å². The molecule has 1 heterocycles. The highest BCUT2D eigenvalue weighted by Gasteiger charge is 2.07. The number of rotatable bonds is 3. The summed E-state index contributed by atoms with van der Waals surface area (Å²) in [6, 6.07) is 5.92. The Morgan fingerprint density at radius 2 is 1.89 bits per heavy atom. The molecule has 92 valence electrons. The summed E-state index contributed by atoms with van der Waals surface area (Å²) in [5.74, 6) is -0.500. The summed E-state index contributed by atoms with van der Waals surface area (Å²) in [7, 11) is 0. The number of aryl methyl sites for hydroxylation is 2. The quantitative estimate of drug-likeness (QED) is 0.839. The van der Waals surface area contributed by atoms with Crippen molar-refractivity contribution in [2.75, 3.05) is 0 Å². The van der Waals surface area contributed by atoms with Crippen LogP contribution in [0.25, 0.3) is 17.5 Å². The molecule has 1 aromatic carbocycles. The van der Waals surface area contributed by atoms with Gasteiger partial charge < -0.3 is 9.52 Å². The lowest BCUT2D eigenvalue weighted by molar-refractivity contribution is -0.131. The number of hydrogen-bond acceptors (Lipinski definition) is 4. The van der Waals surface area contributed by atoms with Crippen molar-refractivity contribution < 1.29 is 14.3 Å². The zero-order valence-electron chi connectivity index (χ0n) is 10.0. The summed E-state index contributed by atoms with van der Waals surface area (Å²) in [5.41, 5.74) is 3.03. The van der Waals surface area contributed by atoms with Gasteiger partial charge in [-0.05, 0) is 26.0 Å². The third kappa shape index (κ3) is 2.82. The Kier molecular flexibility index (Phi) is 3.23. The molecule has 0 saturated heterocycles. The van der Waals surface area contributed by atoms with Crippen LogP contribution in [0, 0.1) is 13.8 Å². The number of carboxylic acids is 1. The summed E-state index contributed by atoms with van der Waals surface area (Å²) < 4.78 is 5.36. The van der Waals surface area contributed by atoms with Gasteiger partial charge in [0, 0.05) is 17.7 Å². The van der Waals surface area contributed by atoms with Crippen molar-refractivity contribution in [1.29, 1.82) is 0 Å². The molecule has 0 fully saturated rings. The fraction of sp³-hybridized carbons (Fsp3) is 0.154. The van der Waals surface area contributed by atoms with Gasteiger partial charge in [0.2, 0.25) is 11.8 Å². The van der Waals surface area contributed by atoms with Crippen LogP contribution in [-0.4, -0.2) is 21.3 Å². The maximum absolute atomic E-state index is 10.4. The average molecular weight is 244 g/mol. The smallest absolute Gasteiger partial charge is 0.328 e. The molecule has 0 radical (unpaired) electrons. The van der Waals surface area contributed by atoms with E-state index in [4.69, 9.17) is 9.52 Å². The van der Waals surface area contributed by atoms with Gasteiger partial charge in [0.15, 0.2) is 0 Å². The number of carbonyl (C=O) groups is 1. The van der Waals surface area contributed by atoms with Gasteiger partial charge in [0.05, 0.1) is 0 Å². The molecule has 0 aliphatic carbocycles. The molecule has 0 amide bonds. The number of benzene rings is 1. The predicted molar refractivity (Wildman–Crippen MR) is 65.9 cm³/mol. The lowest BCUT2D eigenvalue weighted by Crippen LogP contribution is -1.85. The molecule has 5 heteroatoms. The summed E-state index contributed by atoms with van der Waals surface area (Å²) in [4.78, 5) is 10.4. The second-order valence-corrected chi connectivity index (χ2v) is 3.99. The second kappa shape index (κ2) is 4.83. The van der Waals surface area contributed by atoms with Crippen LogP contribution in [0.3, 0.4) is 0 Å². The first-order chi connectivity index (χ1) is 8.54. The van der Waals surface area contributed by atoms with Crippen LogP contribution >= 0.6 is 0 Å². The Bertz CT molecular complexity index is 594. The molecule has 1 N–H and O–H groups in total. The first kappa shape index (κ1) is 12.0. The van der Waals surface area contributed by atoms with E-state index >= 15 is 0 Å². The molecule has 5 nitrogen and oxygen atoms in total. The van der Waals surface area contributed by atoms with Gasteiger partial charge in [0.25, 0.3) is 0 Å². The minimum absolute atomic E-state index is 0.173. The van der Waals surface area contributed by atoms with E-state index in [9.17, 15) is 4.79 Å². The number of aliphatic carboxylic acids is 1. The molecule has 2 aromatic rings. The fourth-order valence-corrected chi connectivity index (χ4v) is 1.66. The van der Waals surface area contributed by atoms with Gasteiger partial charge in [-0.25, -0.2) is 4.79 Å². The molecule has 18 heavy (non-hydrogen) atoms. The Morgan fingerprint density at radius 3 is 2.50 bits per heavy atom. The van der Waals surface area contributed by atoms with E-state index in [0.717, 1.165) is 22.8 Å². The van der Waals surface area contributed by atoms with Crippen LogP contribution in [0.4, 0.5) is 0 Å². The first-order valence-corrected chi connectivity index (χ1v) is 5.38. The number of aromatic nitrogens is 2. The van der Waals surface area contributed by atoms with Gasteiger partial charge in [-0.2, -0.15) is 0 Å². The van der Waals surface area contributed by atoms with Gasteiger partial charge >= 0.3 is 5.97 Å². The molecule has 2 rings (SSSR count). The Morgan fingerprint density at radius 1 is 1.22 bits per heavy atom. The van der Waals surface area contributed by atoms with Crippen molar-refractivity contribution in [3.8, 4) is 11.5 Å². The zero-order chi connectivity index (χ0) is 13.1. The van der Waals surface area contributed by atoms with Gasteiger partial charge in [-0.3, -0.25) is 0 Å². The van der Waals surface area contributed by atoms with E-state index in [0.29, 0.717) is 5.89 Å². The second-order valence-electron chi connectivity index (χ2n) is 3.99. The highest BCUT2D eigenvalue weighted by Crippen LogP contribution is 2.21. The van der Waals surface area contributed by atoms with Crippen molar-refractivity contribution in [1.82, 2.24) is 10.2 Å².